The molecule has 13 heavy (non-hydrogen) atoms. The number of hydrogen-bond donors (Lipinski definition) is 2. The van der Waals surface area contributed by atoms with Gasteiger partial charge in [0.25, 0.3) is 0 Å². The van der Waals surface area contributed by atoms with Gasteiger partial charge in [0.1, 0.15) is 5.03 Å². The summed E-state index contributed by atoms with van der Waals surface area (Å²) in [5.74, 6) is -2.12. The number of hydrogen-bond acceptors (Lipinski definition) is 4. The van der Waals surface area contributed by atoms with Gasteiger partial charge in [-0.2, -0.15) is 4.98 Å². The number of thioether (sulfide) groups is 1. The highest BCUT2D eigenvalue weighted by molar-refractivity contribution is 7.99. The molecule has 0 aliphatic rings. The monoisotopic (exact) mass is 204 g/mol. The van der Waals surface area contributed by atoms with Crippen LogP contribution in [-0.4, -0.2) is 26.8 Å². The first kappa shape index (κ1) is 9.72. The standard InChI is InChI=1S/C6H5FN2O3S/c7-3-1-8-6(12)9-5(3)13-2-4(10)11/h1H,2H2,(H,10,11)(H,8,9,12). The molecule has 0 saturated carbocycles. The zero-order valence-corrected chi connectivity index (χ0v) is 7.10. The van der Waals surface area contributed by atoms with Gasteiger partial charge in [0.2, 0.25) is 0 Å². The van der Waals surface area contributed by atoms with Crippen LogP contribution >= 0.6 is 11.8 Å². The quantitative estimate of drug-likeness (QED) is 0.538. The molecule has 5 nitrogen and oxygen atoms in total. The minimum Gasteiger partial charge on any atom is -0.481 e. The Bertz CT molecular complexity index is 378. The molecule has 0 aliphatic heterocycles. The Balaban J connectivity index is 2.81. The van der Waals surface area contributed by atoms with Crippen molar-refractivity contribution in [2.24, 2.45) is 0 Å². The SMILES string of the molecule is O=C(O)CSc1[nH]c(=O)ncc1F. The lowest BCUT2D eigenvalue weighted by Gasteiger charge is -1.97. The third-order valence-corrected chi connectivity index (χ3v) is 2.05. The lowest BCUT2D eigenvalue weighted by Crippen LogP contribution is -2.12. The summed E-state index contributed by atoms with van der Waals surface area (Å²) in [6, 6.07) is 0. The average Bonchev–Trinajstić information content (AvgIpc) is 2.06. The molecule has 0 spiro atoms. The minimum atomic E-state index is -1.08. The predicted molar refractivity (Wildman–Crippen MR) is 43.2 cm³/mol. The van der Waals surface area contributed by atoms with Crippen molar-refractivity contribution >= 4 is 17.7 Å². The van der Waals surface area contributed by atoms with Gasteiger partial charge in [-0.3, -0.25) is 9.78 Å². The Labute approximate surface area is 76.0 Å². The van der Waals surface area contributed by atoms with E-state index in [9.17, 15) is 14.0 Å². The van der Waals surface area contributed by atoms with Crippen molar-refractivity contribution in [1.29, 1.82) is 0 Å². The summed E-state index contributed by atoms with van der Waals surface area (Å²) >= 11 is 0.699. The highest BCUT2D eigenvalue weighted by Crippen LogP contribution is 2.15. The van der Waals surface area contributed by atoms with Crippen molar-refractivity contribution in [2.75, 3.05) is 5.75 Å². The van der Waals surface area contributed by atoms with Crippen molar-refractivity contribution in [3.8, 4) is 0 Å². The van der Waals surface area contributed by atoms with Gasteiger partial charge < -0.3 is 5.11 Å². The molecule has 0 aromatic carbocycles. The van der Waals surface area contributed by atoms with Gasteiger partial charge in [-0.1, -0.05) is 11.8 Å². The van der Waals surface area contributed by atoms with Gasteiger partial charge in [0, 0.05) is 0 Å². The zero-order valence-electron chi connectivity index (χ0n) is 6.28. The largest absolute Gasteiger partial charge is 0.481 e. The molecule has 2 N–H and O–H groups in total. The minimum absolute atomic E-state index is 0.109. The van der Waals surface area contributed by atoms with E-state index in [0.29, 0.717) is 11.8 Å². The van der Waals surface area contributed by atoms with Crippen LogP contribution in [0.5, 0.6) is 0 Å². The number of carbonyl (C=O) groups is 1. The summed E-state index contributed by atoms with van der Waals surface area (Å²) < 4.78 is 12.8. The Kier molecular flexibility index (Phi) is 3.02. The normalized spacial score (nSPS) is 9.92. The Morgan fingerprint density at radius 2 is 2.46 bits per heavy atom. The van der Waals surface area contributed by atoms with E-state index in [1.54, 1.807) is 0 Å². The van der Waals surface area contributed by atoms with E-state index in [0.717, 1.165) is 6.20 Å². The Morgan fingerprint density at radius 3 is 3.08 bits per heavy atom. The lowest BCUT2D eigenvalue weighted by molar-refractivity contribution is -0.133. The number of aromatic amines is 1. The molecule has 1 aromatic rings. The molecule has 1 rings (SSSR count). The molecular formula is C6H5FN2O3S. The topological polar surface area (TPSA) is 83.0 Å². The van der Waals surface area contributed by atoms with E-state index in [-0.39, 0.29) is 10.8 Å². The molecule has 0 aliphatic carbocycles. The summed E-state index contributed by atoms with van der Waals surface area (Å²) in [5, 5.41) is 8.18. The van der Waals surface area contributed by atoms with E-state index in [1.165, 1.54) is 0 Å². The summed E-state index contributed by atoms with van der Waals surface area (Å²) in [5.41, 5.74) is -0.700. The van der Waals surface area contributed by atoms with Crippen molar-refractivity contribution in [1.82, 2.24) is 9.97 Å². The molecule has 0 fully saturated rings. The molecule has 70 valence electrons. The molecule has 0 amide bonds. The van der Waals surface area contributed by atoms with Crippen LogP contribution in [0.15, 0.2) is 16.0 Å². The number of carboxylic acids is 1. The lowest BCUT2D eigenvalue weighted by atomic mass is 10.6. The molecule has 0 unspecified atom stereocenters. The number of nitrogens with zero attached hydrogens (tertiary/aromatic N) is 1. The molecule has 0 saturated heterocycles. The van der Waals surface area contributed by atoms with Gasteiger partial charge in [-0.05, 0) is 0 Å². The van der Waals surface area contributed by atoms with Crippen LogP contribution in [0.25, 0.3) is 0 Å². The Hall–Kier alpha value is -1.37. The third-order valence-electron chi connectivity index (χ3n) is 1.07. The molecular weight excluding hydrogens is 199 g/mol. The number of H-pyrrole nitrogens is 1. The van der Waals surface area contributed by atoms with Crippen molar-refractivity contribution in [2.45, 2.75) is 5.03 Å². The maximum absolute atomic E-state index is 12.8. The molecule has 0 atom stereocenters. The van der Waals surface area contributed by atoms with Gasteiger partial charge in [0.15, 0.2) is 5.82 Å². The smallest absolute Gasteiger partial charge is 0.345 e. The molecule has 1 heterocycles. The van der Waals surface area contributed by atoms with Gasteiger partial charge in [-0.25, -0.2) is 9.18 Å². The average molecular weight is 204 g/mol. The molecule has 1 aromatic heterocycles. The summed E-state index contributed by atoms with van der Waals surface area (Å²) in [6.07, 6.45) is 0.753. The second kappa shape index (κ2) is 4.04. The van der Waals surface area contributed by atoms with Crippen LogP contribution < -0.4 is 5.69 Å². The van der Waals surface area contributed by atoms with Crippen LogP contribution in [0.2, 0.25) is 0 Å². The van der Waals surface area contributed by atoms with Crippen LogP contribution in [0, 0.1) is 5.82 Å². The number of carboxylic acid groups (broad SMARTS) is 1. The first-order valence-electron chi connectivity index (χ1n) is 3.19. The van der Waals surface area contributed by atoms with Crippen molar-refractivity contribution in [3.05, 3.63) is 22.5 Å². The second-order valence-electron chi connectivity index (χ2n) is 2.05. The number of halogens is 1. The molecule has 0 radical (unpaired) electrons. The van der Waals surface area contributed by atoms with Crippen molar-refractivity contribution < 1.29 is 14.3 Å². The van der Waals surface area contributed by atoms with Crippen LogP contribution in [0.4, 0.5) is 4.39 Å². The first-order valence-corrected chi connectivity index (χ1v) is 4.17. The highest BCUT2D eigenvalue weighted by atomic mass is 32.2. The highest BCUT2D eigenvalue weighted by Gasteiger charge is 2.06. The van der Waals surface area contributed by atoms with Crippen LogP contribution in [0.3, 0.4) is 0 Å². The van der Waals surface area contributed by atoms with E-state index in [4.69, 9.17) is 5.11 Å². The van der Waals surface area contributed by atoms with E-state index < -0.39 is 17.5 Å². The van der Waals surface area contributed by atoms with Gasteiger partial charge >= 0.3 is 11.7 Å². The van der Waals surface area contributed by atoms with Crippen LogP contribution in [-0.2, 0) is 4.79 Å². The molecule has 7 heteroatoms. The predicted octanol–water partition coefficient (Wildman–Crippen LogP) is 0.0857. The van der Waals surface area contributed by atoms with Crippen LogP contribution in [0.1, 0.15) is 0 Å². The van der Waals surface area contributed by atoms with E-state index in [1.807, 2.05) is 0 Å². The number of nitrogens with one attached hydrogen (secondary N) is 1. The van der Waals surface area contributed by atoms with Crippen molar-refractivity contribution in [3.63, 3.8) is 0 Å². The Morgan fingerprint density at radius 1 is 1.77 bits per heavy atom. The fourth-order valence-corrected chi connectivity index (χ4v) is 1.22. The first-order chi connectivity index (χ1) is 6.09. The number of rotatable bonds is 3. The maximum Gasteiger partial charge on any atom is 0.345 e. The summed E-state index contributed by atoms with van der Waals surface area (Å²) in [6.45, 7) is 0. The maximum atomic E-state index is 12.8. The third kappa shape index (κ3) is 2.86. The van der Waals surface area contributed by atoms with E-state index >= 15 is 0 Å². The number of aliphatic carboxylic acids is 1. The molecule has 0 bridgehead atoms. The van der Waals surface area contributed by atoms with Gasteiger partial charge in [-0.15, -0.1) is 0 Å². The zero-order chi connectivity index (χ0) is 9.84. The fraction of sp³-hybridized carbons (Fsp3) is 0.167. The second-order valence-corrected chi connectivity index (χ2v) is 3.03. The fourth-order valence-electron chi connectivity index (χ4n) is 0.602. The number of aromatic nitrogens is 2. The van der Waals surface area contributed by atoms with Gasteiger partial charge in [0.05, 0.1) is 11.9 Å². The summed E-state index contributed by atoms with van der Waals surface area (Å²) in [7, 11) is 0. The van der Waals surface area contributed by atoms with E-state index in [2.05, 4.69) is 9.97 Å². The summed E-state index contributed by atoms with van der Waals surface area (Å²) in [4.78, 5) is 25.9.